The van der Waals surface area contributed by atoms with Crippen molar-refractivity contribution < 1.29 is 14.7 Å². The van der Waals surface area contributed by atoms with E-state index >= 15 is 0 Å². The number of hydrogen-bond donors (Lipinski definition) is 2. The van der Waals surface area contributed by atoms with Crippen LogP contribution in [0.5, 0.6) is 0 Å². The second kappa shape index (κ2) is 6.61. The van der Waals surface area contributed by atoms with Crippen LogP contribution in [0, 0.1) is 17.2 Å². The summed E-state index contributed by atoms with van der Waals surface area (Å²) in [6.45, 7) is 1.81. The molecule has 5 nitrogen and oxygen atoms in total. The number of carbonyl (C=O) groups excluding carboxylic acids is 1. The standard InChI is InChI=1S/C17H20N2O3/c1-17(10-3-2-4-14(17)16(21)22)19-15(20)13-7-5-12(6-8-13)9-11-18/h5-8,14H,2-4,9-10H2,1H3,(H,19,20)(H,21,22). The fourth-order valence-electron chi connectivity index (χ4n) is 3.08. The fourth-order valence-corrected chi connectivity index (χ4v) is 3.08. The lowest BCUT2D eigenvalue weighted by Gasteiger charge is -2.39. The van der Waals surface area contributed by atoms with Crippen molar-refractivity contribution in [2.24, 2.45) is 5.92 Å². The number of nitriles is 1. The van der Waals surface area contributed by atoms with E-state index in [1.54, 1.807) is 24.3 Å². The number of rotatable bonds is 4. The molecule has 2 unspecified atom stereocenters. The van der Waals surface area contributed by atoms with Crippen molar-refractivity contribution in [3.8, 4) is 6.07 Å². The topological polar surface area (TPSA) is 90.2 Å². The van der Waals surface area contributed by atoms with Crippen LogP contribution in [-0.2, 0) is 11.2 Å². The van der Waals surface area contributed by atoms with E-state index in [9.17, 15) is 14.7 Å². The maximum atomic E-state index is 12.4. The van der Waals surface area contributed by atoms with Gasteiger partial charge in [0.25, 0.3) is 5.91 Å². The zero-order valence-electron chi connectivity index (χ0n) is 12.6. The molecule has 1 fully saturated rings. The van der Waals surface area contributed by atoms with E-state index in [0.29, 0.717) is 24.8 Å². The van der Waals surface area contributed by atoms with E-state index in [-0.39, 0.29) is 5.91 Å². The Labute approximate surface area is 129 Å². The van der Waals surface area contributed by atoms with Crippen molar-refractivity contribution in [1.29, 1.82) is 5.26 Å². The Morgan fingerprint density at radius 3 is 2.64 bits per heavy atom. The number of nitrogens with zero attached hydrogens (tertiary/aromatic N) is 1. The summed E-state index contributed by atoms with van der Waals surface area (Å²) < 4.78 is 0. The Morgan fingerprint density at radius 2 is 2.05 bits per heavy atom. The van der Waals surface area contributed by atoms with Crippen LogP contribution in [0.1, 0.15) is 48.5 Å². The first-order chi connectivity index (χ1) is 10.5. The van der Waals surface area contributed by atoms with E-state index in [0.717, 1.165) is 18.4 Å². The van der Waals surface area contributed by atoms with Crippen LogP contribution in [0.25, 0.3) is 0 Å². The number of carboxylic acids is 1. The number of carboxylic acid groups (broad SMARTS) is 1. The van der Waals surface area contributed by atoms with Crippen LogP contribution in [0.2, 0.25) is 0 Å². The molecule has 2 N–H and O–H groups in total. The van der Waals surface area contributed by atoms with Crippen LogP contribution in [0.15, 0.2) is 24.3 Å². The van der Waals surface area contributed by atoms with Gasteiger partial charge in [-0.05, 0) is 37.5 Å². The largest absolute Gasteiger partial charge is 0.481 e. The molecule has 1 amide bonds. The minimum atomic E-state index is -0.855. The van der Waals surface area contributed by atoms with Crippen molar-refractivity contribution in [3.63, 3.8) is 0 Å². The maximum Gasteiger partial charge on any atom is 0.308 e. The van der Waals surface area contributed by atoms with E-state index < -0.39 is 17.4 Å². The molecule has 1 aliphatic rings. The predicted molar refractivity (Wildman–Crippen MR) is 81.2 cm³/mol. The quantitative estimate of drug-likeness (QED) is 0.894. The van der Waals surface area contributed by atoms with Crippen LogP contribution >= 0.6 is 0 Å². The Morgan fingerprint density at radius 1 is 1.36 bits per heavy atom. The molecule has 0 saturated heterocycles. The highest BCUT2D eigenvalue weighted by molar-refractivity contribution is 5.95. The summed E-state index contributed by atoms with van der Waals surface area (Å²) in [6, 6.07) is 8.89. The SMILES string of the molecule is CC1(NC(=O)c2ccc(CC#N)cc2)CCCCC1C(=O)O. The van der Waals surface area contributed by atoms with Crippen molar-refractivity contribution in [2.75, 3.05) is 0 Å². The Bertz CT molecular complexity index is 603. The van der Waals surface area contributed by atoms with Gasteiger partial charge in [-0.1, -0.05) is 25.0 Å². The van der Waals surface area contributed by atoms with Crippen LogP contribution < -0.4 is 5.32 Å². The molecular weight excluding hydrogens is 280 g/mol. The summed E-state index contributed by atoms with van der Waals surface area (Å²) in [6.07, 6.45) is 3.36. The van der Waals surface area contributed by atoms with Crippen molar-refractivity contribution >= 4 is 11.9 Å². The van der Waals surface area contributed by atoms with Gasteiger partial charge in [0.2, 0.25) is 0 Å². The molecule has 0 radical (unpaired) electrons. The van der Waals surface area contributed by atoms with Gasteiger partial charge in [-0.3, -0.25) is 9.59 Å². The summed E-state index contributed by atoms with van der Waals surface area (Å²) in [5, 5.41) is 20.9. The molecule has 0 aromatic heterocycles. The molecule has 1 aromatic carbocycles. The van der Waals surface area contributed by atoms with Gasteiger partial charge in [-0.2, -0.15) is 5.26 Å². The first kappa shape index (κ1) is 16.0. The van der Waals surface area contributed by atoms with Crippen LogP contribution in [0.4, 0.5) is 0 Å². The molecule has 116 valence electrons. The van der Waals surface area contributed by atoms with E-state index in [1.807, 2.05) is 6.92 Å². The van der Waals surface area contributed by atoms with Gasteiger partial charge in [0, 0.05) is 5.56 Å². The fraction of sp³-hybridized carbons (Fsp3) is 0.471. The highest BCUT2D eigenvalue weighted by Gasteiger charge is 2.42. The van der Waals surface area contributed by atoms with Gasteiger partial charge in [0.1, 0.15) is 0 Å². The zero-order chi connectivity index (χ0) is 16.2. The lowest BCUT2D eigenvalue weighted by Crippen LogP contribution is -2.55. The third-order valence-corrected chi connectivity index (χ3v) is 4.40. The van der Waals surface area contributed by atoms with E-state index in [4.69, 9.17) is 5.26 Å². The molecule has 2 atom stereocenters. The lowest BCUT2D eigenvalue weighted by molar-refractivity contribution is -0.145. The maximum absolute atomic E-state index is 12.4. The smallest absolute Gasteiger partial charge is 0.308 e. The molecule has 5 heteroatoms. The lowest BCUT2D eigenvalue weighted by atomic mass is 9.73. The first-order valence-electron chi connectivity index (χ1n) is 7.47. The van der Waals surface area contributed by atoms with Crippen molar-refractivity contribution in [3.05, 3.63) is 35.4 Å². The third kappa shape index (κ3) is 3.45. The Kier molecular flexibility index (Phi) is 4.81. The summed E-state index contributed by atoms with van der Waals surface area (Å²) in [4.78, 5) is 23.8. The van der Waals surface area contributed by atoms with Gasteiger partial charge in [-0.15, -0.1) is 0 Å². The molecule has 0 aliphatic heterocycles. The summed E-state index contributed by atoms with van der Waals surface area (Å²) in [7, 11) is 0. The van der Waals surface area contributed by atoms with Crippen molar-refractivity contribution in [2.45, 2.75) is 44.6 Å². The summed E-state index contributed by atoms with van der Waals surface area (Å²) in [5.41, 5.74) is 0.621. The van der Waals surface area contributed by atoms with Gasteiger partial charge >= 0.3 is 5.97 Å². The second-order valence-corrected chi connectivity index (χ2v) is 6.04. The minimum Gasteiger partial charge on any atom is -0.481 e. The molecule has 1 saturated carbocycles. The molecule has 2 rings (SSSR count). The normalized spacial score (nSPS) is 24.3. The Balaban J connectivity index is 2.12. The molecule has 1 aromatic rings. The van der Waals surface area contributed by atoms with Crippen molar-refractivity contribution in [1.82, 2.24) is 5.32 Å². The van der Waals surface area contributed by atoms with Gasteiger partial charge < -0.3 is 10.4 Å². The monoisotopic (exact) mass is 300 g/mol. The predicted octanol–water partition coefficient (Wildman–Crippen LogP) is 2.52. The summed E-state index contributed by atoms with van der Waals surface area (Å²) in [5.74, 6) is -1.67. The highest BCUT2D eigenvalue weighted by Crippen LogP contribution is 2.34. The average Bonchev–Trinajstić information content (AvgIpc) is 2.48. The second-order valence-electron chi connectivity index (χ2n) is 6.04. The Hall–Kier alpha value is -2.35. The third-order valence-electron chi connectivity index (χ3n) is 4.40. The van der Waals surface area contributed by atoms with E-state index in [2.05, 4.69) is 11.4 Å². The molecular formula is C17H20N2O3. The highest BCUT2D eigenvalue weighted by atomic mass is 16.4. The zero-order valence-corrected chi connectivity index (χ0v) is 12.6. The number of carbonyl (C=O) groups is 2. The van der Waals surface area contributed by atoms with Crippen LogP contribution in [0.3, 0.4) is 0 Å². The van der Waals surface area contributed by atoms with Gasteiger partial charge in [0.15, 0.2) is 0 Å². The molecule has 0 spiro atoms. The molecule has 0 heterocycles. The molecule has 22 heavy (non-hydrogen) atoms. The van der Waals surface area contributed by atoms with Gasteiger partial charge in [0.05, 0.1) is 23.9 Å². The molecule has 0 bridgehead atoms. The number of benzene rings is 1. The van der Waals surface area contributed by atoms with E-state index in [1.165, 1.54) is 0 Å². The van der Waals surface area contributed by atoms with Crippen LogP contribution in [-0.4, -0.2) is 22.5 Å². The number of amides is 1. The number of aliphatic carboxylic acids is 1. The average molecular weight is 300 g/mol. The summed E-state index contributed by atoms with van der Waals surface area (Å²) >= 11 is 0. The number of hydrogen-bond acceptors (Lipinski definition) is 3. The number of nitrogens with one attached hydrogen (secondary N) is 1. The molecule has 1 aliphatic carbocycles. The first-order valence-corrected chi connectivity index (χ1v) is 7.47. The minimum absolute atomic E-state index is 0.265. The van der Waals surface area contributed by atoms with Gasteiger partial charge in [-0.25, -0.2) is 0 Å².